The number of unbranched alkanes of at least 4 members (excludes halogenated alkanes) is 1. The van der Waals surface area contributed by atoms with Crippen LogP contribution in [0.2, 0.25) is 5.02 Å². The van der Waals surface area contributed by atoms with Crippen molar-refractivity contribution in [2.24, 2.45) is 0 Å². The van der Waals surface area contributed by atoms with Crippen LogP contribution in [0.15, 0.2) is 34.9 Å². The molecule has 1 heterocycles. The Morgan fingerprint density at radius 1 is 1.36 bits per heavy atom. The summed E-state index contributed by atoms with van der Waals surface area (Å²) in [5.74, 6) is 0.711. The number of nitrogens with one attached hydrogen (secondary N) is 2. The first-order valence-corrected chi connectivity index (χ1v) is 8.68. The number of aromatic nitrogens is 2. The highest BCUT2D eigenvalue weighted by molar-refractivity contribution is 9.10. The molecular weight excluding hydrogens is 384 g/mol. The maximum atomic E-state index is 5.89. The molecule has 0 bridgehead atoms. The highest BCUT2D eigenvalue weighted by Gasteiger charge is 2.08. The molecule has 2 N–H and O–H groups in total. The minimum absolute atomic E-state index is 0.589. The van der Waals surface area contributed by atoms with Gasteiger partial charge in [-0.05, 0) is 52.3 Å². The van der Waals surface area contributed by atoms with E-state index in [1.807, 2.05) is 35.1 Å². The van der Waals surface area contributed by atoms with Crippen molar-refractivity contribution in [2.75, 3.05) is 11.9 Å². The van der Waals surface area contributed by atoms with Gasteiger partial charge in [0.1, 0.15) is 0 Å². The van der Waals surface area contributed by atoms with E-state index in [0.29, 0.717) is 17.5 Å². The Labute approximate surface area is 149 Å². The third-order valence-corrected chi connectivity index (χ3v) is 4.10. The molecule has 0 atom stereocenters. The average molecular weight is 402 g/mol. The smallest absolute Gasteiger partial charge is 0.172 e. The molecule has 4 nitrogen and oxygen atoms in total. The Hall–Kier alpha value is -1.11. The van der Waals surface area contributed by atoms with Crippen LogP contribution in [0.5, 0.6) is 0 Å². The fraction of sp³-hybridized carbons (Fsp3) is 0.333. The zero-order chi connectivity index (χ0) is 15.9. The first-order chi connectivity index (χ1) is 10.6. The van der Waals surface area contributed by atoms with Crippen LogP contribution in [-0.4, -0.2) is 21.4 Å². The van der Waals surface area contributed by atoms with E-state index in [0.717, 1.165) is 34.4 Å². The van der Waals surface area contributed by atoms with Crippen LogP contribution in [0, 0.1) is 0 Å². The van der Waals surface area contributed by atoms with Crippen LogP contribution in [0.4, 0.5) is 5.82 Å². The molecule has 0 amide bonds. The lowest BCUT2D eigenvalue weighted by Gasteiger charge is -2.08. The zero-order valence-electron chi connectivity index (χ0n) is 12.3. The molecule has 0 saturated carbocycles. The maximum absolute atomic E-state index is 5.89. The molecule has 22 heavy (non-hydrogen) atoms. The molecular formula is C15H18BrClN4S. The van der Waals surface area contributed by atoms with Crippen LogP contribution in [0.25, 0.3) is 0 Å². The lowest BCUT2D eigenvalue weighted by Crippen LogP contribution is -2.29. The lowest BCUT2D eigenvalue weighted by atomic mass is 10.2. The van der Waals surface area contributed by atoms with Gasteiger partial charge < -0.3 is 10.6 Å². The molecule has 1 aromatic heterocycles. The largest absolute Gasteiger partial charge is 0.362 e. The summed E-state index contributed by atoms with van der Waals surface area (Å²) >= 11 is 14.6. The van der Waals surface area contributed by atoms with Gasteiger partial charge in [0, 0.05) is 17.8 Å². The van der Waals surface area contributed by atoms with E-state index in [4.69, 9.17) is 23.8 Å². The standard InChI is InChI=1S/C15H18BrClN4S/c1-2-3-8-18-15(22)19-14-13(16)10-21(20-14)9-11-4-6-12(17)7-5-11/h4-7,10H,2-3,8-9H2,1H3,(H2,18,19,20,22). The minimum Gasteiger partial charge on any atom is -0.362 e. The molecule has 2 aromatic rings. The van der Waals surface area contributed by atoms with Gasteiger partial charge >= 0.3 is 0 Å². The third kappa shape index (κ3) is 5.26. The van der Waals surface area contributed by atoms with E-state index in [-0.39, 0.29) is 0 Å². The first-order valence-electron chi connectivity index (χ1n) is 7.10. The molecule has 0 unspecified atom stereocenters. The van der Waals surface area contributed by atoms with Crippen LogP contribution in [-0.2, 0) is 6.54 Å². The number of halogens is 2. The van der Waals surface area contributed by atoms with Crippen molar-refractivity contribution in [3.8, 4) is 0 Å². The Morgan fingerprint density at radius 2 is 2.09 bits per heavy atom. The number of thiocarbonyl (C=S) groups is 1. The summed E-state index contributed by atoms with van der Waals surface area (Å²) in [6.07, 6.45) is 4.15. The molecule has 118 valence electrons. The molecule has 0 saturated heterocycles. The summed E-state index contributed by atoms with van der Waals surface area (Å²) < 4.78 is 2.73. The van der Waals surface area contributed by atoms with Gasteiger partial charge in [0.05, 0.1) is 11.0 Å². The molecule has 7 heteroatoms. The molecule has 0 spiro atoms. The average Bonchev–Trinajstić information content (AvgIpc) is 2.81. The van der Waals surface area contributed by atoms with Crippen molar-refractivity contribution in [3.05, 3.63) is 45.5 Å². The highest BCUT2D eigenvalue weighted by atomic mass is 79.9. The van der Waals surface area contributed by atoms with Crippen molar-refractivity contribution >= 4 is 50.7 Å². The van der Waals surface area contributed by atoms with Gasteiger partial charge in [0.15, 0.2) is 10.9 Å². The number of anilines is 1. The van der Waals surface area contributed by atoms with E-state index in [9.17, 15) is 0 Å². The normalized spacial score (nSPS) is 10.5. The summed E-state index contributed by atoms with van der Waals surface area (Å²) in [7, 11) is 0. The van der Waals surface area contributed by atoms with Gasteiger partial charge in [-0.25, -0.2) is 0 Å². The Kier molecular flexibility index (Phi) is 6.67. The Balaban J connectivity index is 1.95. The number of rotatable bonds is 6. The number of nitrogens with zero attached hydrogens (tertiary/aromatic N) is 2. The van der Waals surface area contributed by atoms with Crippen LogP contribution >= 0.6 is 39.7 Å². The van der Waals surface area contributed by atoms with Gasteiger partial charge in [-0.3, -0.25) is 4.68 Å². The molecule has 0 fully saturated rings. The minimum atomic E-state index is 0.589. The van der Waals surface area contributed by atoms with Gasteiger partial charge in [-0.2, -0.15) is 5.10 Å². The molecule has 0 aliphatic heterocycles. The Morgan fingerprint density at radius 3 is 2.77 bits per heavy atom. The van der Waals surface area contributed by atoms with Gasteiger partial charge in [-0.1, -0.05) is 37.1 Å². The van der Waals surface area contributed by atoms with E-state index < -0.39 is 0 Å². The topological polar surface area (TPSA) is 41.9 Å². The molecule has 1 aromatic carbocycles. The second-order valence-corrected chi connectivity index (χ2v) is 6.58. The summed E-state index contributed by atoms with van der Waals surface area (Å²) in [6, 6.07) is 7.73. The quantitative estimate of drug-likeness (QED) is 0.555. The number of hydrogen-bond acceptors (Lipinski definition) is 2. The van der Waals surface area contributed by atoms with Gasteiger partial charge in [0.25, 0.3) is 0 Å². The first kappa shape index (κ1) is 17.2. The SMILES string of the molecule is CCCCNC(=S)Nc1nn(Cc2ccc(Cl)cc2)cc1Br. The molecule has 0 radical (unpaired) electrons. The maximum Gasteiger partial charge on any atom is 0.172 e. The number of hydrogen-bond donors (Lipinski definition) is 2. The third-order valence-electron chi connectivity index (χ3n) is 3.02. The Bertz CT molecular complexity index is 627. The van der Waals surface area contributed by atoms with Crippen molar-refractivity contribution in [3.63, 3.8) is 0 Å². The van der Waals surface area contributed by atoms with Crippen molar-refractivity contribution < 1.29 is 0 Å². The summed E-state index contributed by atoms with van der Waals surface area (Å²) in [5, 5.41) is 12.1. The van der Waals surface area contributed by atoms with Gasteiger partial charge in [0.2, 0.25) is 0 Å². The predicted molar refractivity (Wildman–Crippen MR) is 99.6 cm³/mol. The van der Waals surface area contributed by atoms with Crippen LogP contribution in [0.3, 0.4) is 0 Å². The van der Waals surface area contributed by atoms with Crippen molar-refractivity contribution in [2.45, 2.75) is 26.3 Å². The van der Waals surface area contributed by atoms with E-state index in [1.54, 1.807) is 0 Å². The summed E-state index contributed by atoms with van der Waals surface area (Å²) in [4.78, 5) is 0. The number of benzene rings is 1. The highest BCUT2D eigenvalue weighted by Crippen LogP contribution is 2.21. The van der Waals surface area contributed by atoms with Crippen molar-refractivity contribution in [1.29, 1.82) is 0 Å². The van der Waals surface area contributed by atoms with Gasteiger partial charge in [-0.15, -0.1) is 0 Å². The van der Waals surface area contributed by atoms with Crippen molar-refractivity contribution in [1.82, 2.24) is 15.1 Å². The summed E-state index contributed by atoms with van der Waals surface area (Å²) in [6.45, 7) is 3.69. The zero-order valence-corrected chi connectivity index (χ0v) is 15.4. The van der Waals surface area contributed by atoms with Crippen LogP contribution < -0.4 is 10.6 Å². The lowest BCUT2D eigenvalue weighted by molar-refractivity contribution is 0.689. The van der Waals surface area contributed by atoms with Crippen LogP contribution in [0.1, 0.15) is 25.3 Å². The fourth-order valence-electron chi connectivity index (χ4n) is 1.87. The molecule has 0 aliphatic rings. The van der Waals surface area contributed by atoms with E-state index in [1.165, 1.54) is 0 Å². The molecule has 0 aliphatic carbocycles. The van der Waals surface area contributed by atoms with E-state index >= 15 is 0 Å². The second-order valence-electron chi connectivity index (χ2n) is 4.88. The fourth-order valence-corrected chi connectivity index (χ4v) is 2.61. The molecule has 2 rings (SSSR count). The predicted octanol–water partition coefficient (Wildman–Crippen LogP) is 4.43. The monoisotopic (exact) mass is 400 g/mol. The van der Waals surface area contributed by atoms with E-state index in [2.05, 4.69) is 38.6 Å². The second kappa shape index (κ2) is 8.50. The summed E-state index contributed by atoms with van der Waals surface area (Å²) in [5.41, 5.74) is 1.13.